The van der Waals surface area contributed by atoms with Crippen LogP contribution in [-0.4, -0.2) is 49.0 Å². The number of aliphatic hydroxyl groups excluding tert-OH is 1. The van der Waals surface area contributed by atoms with Crippen LogP contribution in [0.25, 0.3) is 5.69 Å². The molecule has 4 rings (SSSR count). The summed E-state index contributed by atoms with van der Waals surface area (Å²) in [7, 11) is 0. The number of nitrogens with one attached hydrogen (secondary N) is 2. The van der Waals surface area contributed by atoms with Crippen LogP contribution < -0.4 is 16.4 Å². The maximum atomic E-state index is 14.8. The zero-order chi connectivity index (χ0) is 25.3. The molecule has 0 radical (unpaired) electrons. The summed E-state index contributed by atoms with van der Waals surface area (Å²) in [6, 6.07) is 7.72. The van der Waals surface area contributed by atoms with Gasteiger partial charge in [-0.05, 0) is 43.7 Å². The Kier molecular flexibility index (Phi) is 6.55. The van der Waals surface area contributed by atoms with E-state index in [9.17, 15) is 14.3 Å². The van der Waals surface area contributed by atoms with Gasteiger partial charge in [-0.3, -0.25) is 4.79 Å². The number of pyridine rings is 1. The largest absolute Gasteiger partial charge is 0.394 e. The highest BCUT2D eigenvalue weighted by atomic mass is 19.1. The molecule has 1 aliphatic rings. The lowest BCUT2D eigenvalue weighted by Gasteiger charge is -2.20. The first-order valence-corrected chi connectivity index (χ1v) is 11.3. The van der Waals surface area contributed by atoms with E-state index in [2.05, 4.69) is 46.7 Å². The van der Waals surface area contributed by atoms with Gasteiger partial charge in [-0.2, -0.15) is 5.01 Å². The number of nitrogens with two attached hydrogens (primary N) is 1. The highest BCUT2D eigenvalue weighted by Crippen LogP contribution is 2.25. The number of carbonyl (C=O) groups is 1. The molecule has 184 valence electrons. The summed E-state index contributed by atoms with van der Waals surface area (Å²) in [5.74, 6) is -0.500. The number of nitrogens with zero attached hydrogens (tertiary/aromatic N) is 5. The van der Waals surface area contributed by atoms with Crippen molar-refractivity contribution in [2.45, 2.75) is 46.1 Å². The van der Waals surface area contributed by atoms with Gasteiger partial charge >= 0.3 is 0 Å². The first-order valence-electron chi connectivity index (χ1n) is 11.3. The highest BCUT2D eigenvalue weighted by Gasteiger charge is 2.28. The quantitative estimate of drug-likeness (QED) is 0.397. The lowest BCUT2D eigenvalue weighted by Crippen LogP contribution is -2.99. The van der Waals surface area contributed by atoms with Crippen molar-refractivity contribution in [1.82, 2.24) is 25.1 Å². The average Bonchev–Trinajstić information content (AvgIpc) is 3.49. The SMILES string of the molecule is Cc1cc(F)c(C(=O)Nc2cccc(C3=NN[NH2+]N3[C@H](C)CO)n2)cc1-n1cnc(C(C)(C)C)c1. The third-order valence-corrected chi connectivity index (χ3v) is 5.73. The summed E-state index contributed by atoms with van der Waals surface area (Å²) >= 11 is 0. The van der Waals surface area contributed by atoms with Gasteiger partial charge in [0.2, 0.25) is 5.84 Å². The predicted octanol–water partition coefficient (Wildman–Crippen LogP) is 1.61. The van der Waals surface area contributed by atoms with Crippen molar-refractivity contribution >= 4 is 17.6 Å². The van der Waals surface area contributed by atoms with E-state index in [0.29, 0.717) is 22.8 Å². The van der Waals surface area contributed by atoms with Crippen LogP contribution in [0.1, 0.15) is 55.0 Å². The number of hydrazone groups is 1. The Morgan fingerprint density at radius 3 is 2.77 bits per heavy atom. The normalized spacial score (nSPS) is 14.5. The van der Waals surface area contributed by atoms with E-state index in [1.54, 1.807) is 46.6 Å². The lowest BCUT2D eigenvalue weighted by molar-refractivity contribution is -0.826. The Morgan fingerprint density at radius 2 is 2.09 bits per heavy atom. The topological polar surface area (TPSA) is 124 Å². The smallest absolute Gasteiger partial charge is 0.259 e. The molecule has 2 aromatic heterocycles. The zero-order valence-electron chi connectivity index (χ0n) is 20.4. The van der Waals surface area contributed by atoms with E-state index in [1.165, 1.54) is 12.1 Å². The van der Waals surface area contributed by atoms with Crippen molar-refractivity contribution < 1.29 is 19.8 Å². The van der Waals surface area contributed by atoms with Crippen molar-refractivity contribution in [3.05, 3.63) is 71.2 Å². The van der Waals surface area contributed by atoms with Crippen LogP contribution in [-0.2, 0) is 5.41 Å². The number of anilines is 1. The summed E-state index contributed by atoms with van der Waals surface area (Å²) < 4.78 is 16.6. The second-order valence-electron chi connectivity index (χ2n) is 9.53. The average molecular weight is 482 g/mol. The van der Waals surface area contributed by atoms with Gasteiger partial charge in [0.05, 0.1) is 29.9 Å². The van der Waals surface area contributed by atoms with Crippen LogP contribution in [0.5, 0.6) is 0 Å². The number of hydrogen-bond acceptors (Lipinski definition) is 7. The Bertz CT molecular complexity index is 1280. The number of amidine groups is 1. The van der Waals surface area contributed by atoms with E-state index in [1.807, 2.05) is 13.1 Å². The fourth-order valence-electron chi connectivity index (χ4n) is 3.65. The van der Waals surface area contributed by atoms with Crippen molar-refractivity contribution in [2.75, 3.05) is 11.9 Å². The molecule has 0 unspecified atom stereocenters. The second-order valence-corrected chi connectivity index (χ2v) is 9.53. The molecule has 1 amide bonds. The monoisotopic (exact) mass is 481 g/mol. The number of quaternary nitrogens is 1. The minimum Gasteiger partial charge on any atom is -0.394 e. The van der Waals surface area contributed by atoms with Gasteiger partial charge in [0.15, 0.2) is 0 Å². The summed E-state index contributed by atoms with van der Waals surface area (Å²) in [4.78, 5) is 22.0. The van der Waals surface area contributed by atoms with Crippen LogP contribution in [0.3, 0.4) is 0 Å². The molecular weight excluding hydrogens is 451 g/mol. The van der Waals surface area contributed by atoms with E-state index in [-0.39, 0.29) is 29.4 Å². The third kappa shape index (κ3) is 5.00. The molecule has 0 spiro atoms. The second kappa shape index (κ2) is 9.43. The molecule has 0 saturated heterocycles. The lowest BCUT2D eigenvalue weighted by atomic mass is 9.93. The number of imidazole rings is 1. The maximum Gasteiger partial charge on any atom is 0.259 e. The van der Waals surface area contributed by atoms with Crippen LogP contribution in [0.4, 0.5) is 10.2 Å². The molecule has 1 aromatic carbocycles. The maximum absolute atomic E-state index is 14.8. The number of aliphatic hydroxyl groups is 1. The summed E-state index contributed by atoms with van der Waals surface area (Å²) in [5.41, 5.74) is 6.87. The van der Waals surface area contributed by atoms with E-state index >= 15 is 0 Å². The number of benzene rings is 1. The minimum atomic E-state index is -0.627. The molecule has 5 N–H and O–H groups in total. The molecule has 0 aliphatic carbocycles. The predicted molar refractivity (Wildman–Crippen MR) is 129 cm³/mol. The number of aromatic nitrogens is 3. The molecular formula is C24H30FN8O2+. The van der Waals surface area contributed by atoms with Gasteiger partial charge in [-0.25, -0.2) is 14.4 Å². The minimum absolute atomic E-state index is 0.0726. The van der Waals surface area contributed by atoms with Gasteiger partial charge < -0.3 is 15.0 Å². The highest BCUT2D eigenvalue weighted by molar-refractivity contribution is 6.05. The van der Waals surface area contributed by atoms with Crippen LogP contribution in [0.2, 0.25) is 0 Å². The van der Waals surface area contributed by atoms with E-state index in [0.717, 1.165) is 5.69 Å². The molecule has 1 atom stereocenters. The summed E-state index contributed by atoms with van der Waals surface area (Å²) in [5, 5.41) is 18.1. The molecule has 11 heteroatoms. The van der Waals surface area contributed by atoms with Gasteiger partial charge in [0.25, 0.3) is 5.91 Å². The summed E-state index contributed by atoms with van der Waals surface area (Å²) in [6.45, 7) is 9.74. The fraction of sp³-hybridized carbons (Fsp3) is 0.333. The van der Waals surface area contributed by atoms with Crippen molar-refractivity contribution in [1.29, 1.82) is 0 Å². The molecule has 0 fully saturated rings. The van der Waals surface area contributed by atoms with Crippen molar-refractivity contribution in [3.63, 3.8) is 0 Å². The van der Waals surface area contributed by atoms with Gasteiger partial charge in [0.1, 0.15) is 23.4 Å². The number of carbonyl (C=O) groups excluding carboxylic acids is 1. The Labute approximate surface area is 202 Å². The van der Waals surface area contributed by atoms with E-state index < -0.39 is 11.7 Å². The van der Waals surface area contributed by atoms with Gasteiger partial charge in [-0.1, -0.05) is 26.8 Å². The standard InChI is InChI=1S/C24H29FN8O2/c1-14-9-17(25)16(10-19(14)32-11-20(26-13-32)24(3,4)5)23(35)28-21-8-6-7-18(27-21)22-29-30-31-33(22)15(2)12-34/h6-11,13,15,30-31,34H,12H2,1-5H3,(H,27,28,35)/p+1/t15-/m1/s1. The van der Waals surface area contributed by atoms with Crippen molar-refractivity contribution in [3.8, 4) is 5.69 Å². The molecule has 1 aliphatic heterocycles. The van der Waals surface area contributed by atoms with Crippen LogP contribution >= 0.6 is 0 Å². The van der Waals surface area contributed by atoms with Crippen molar-refractivity contribution in [2.24, 2.45) is 5.10 Å². The Balaban J connectivity index is 1.60. The number of amides is 1. The number of rotatable bonds is 6. The number of hydrogen-bond donors (Lipinski definition) is 4. The Morgan fingerprint density at radius 1 is 1.31 bits per heavy atom. The summed E-state index contributed by atoms with van der Waals surface area (Å²) in [6.07, 6.45) is 3.56. The Hall–Kier alpha value is -3.83. The van der Waals surface area contributed by atoms with Gasteiger partial charge in [0, 0.05) is 11.6 Å². The molecule has 3 aromatic rings. The fourth-order valence-corrected chi connectivity index (χ4v) is 3.65. The zero-order valence-corrected chi connectivity index (χ0v) is 20.4. The first kappa shape index (κ1) is 24.3. The van der Waals surface area contributed by atoms with Crippen LogP contribution in [0.15, 0.2) is 48.0 Å². The number of aryl methyl sites for hydroxylation is 1. The molecule has 3 heterocycles. The molecule has 0 bridgehead atoms. The first-order chi connectivity index (χ1) is 16.6. The van der Waals surface area contributed by atoms with Gasteiger partial charge in [-0.15, -0.1) is 16.2 Å². The molecule has 35 heavy (non-hydrogen) atoms. The molecule has 0 saturated carbocycles. The van der Waals surface area contributed by atoms with E-state index in [4.69, 9.17) is 0 Å². The molecule has 10 nitrogen and oxygen atoms in total. The van der Waals surface area contributed by atoms with Crippen LogP contribution in [0, 0.1) is 12.7 Å². The third-order valence-electron chi connectivity index (χ3n) is 5.73. The number of halogens is 1.